The van der Waals surface area contributed by atoms with Crippen molar-refractivity contribution in [1.29, 1.82) is 0 Å². The largest absolute Gasteiger partial charge is 0.379 e. The van der Waals surface area contributed by atoms with Gasteiger partial charge in [0.25, 0.3) is 0 Å². The van der Waals surface area contributed by atoms with Crippen LogP contribution in [0.4, 0.5) is 5.82 Å². The van der Waals surface area contributed by atoms with Crippen molar-refractivity contribution < 1.29 is 18.8 Å². The number of morpholine rings is 1. The highest BCUT2D eigenvalue weighted by molar-refractivity contribution is 5.97. The van der Waals surface area contributed by atoms with E-state index in [4.69, 9.17) is 9.26 Å². The molecule has 2 amide bonds. The second-order valence-corrected chi connectivity index (χ2v) is 7.18. The van der Waals surface area contributed by atoms with Crippen LogP contribution < -0.4 is 5.32 Å². The van der Waals surface area contributed by atoms with E-state index in [1.165, 1.54) is 6.08 Å². The van der Waals surface area contributed by atoms with Crippen LogP contribution in [0.2, 0.25) is 0 Å². The van der Waals surface area contributed by atoms with Gasteiger partial charge >= 0.3 is 0 Å². The molecular formula is C22H28N4O4. The monoisotopic (exact) mass is 412 g/mol. The Morgan fingerprint density at radius 3 is 2.70 bits per heavy atom. The van der Waals surface area contributed by atoms with Crippen LogP contribution in [0.5, 0.6) is 0 Å². The van der Waals surface area contributed by atoms with E-state index in [0.29, 0.717) is 18.1 Å². The van der Waals surface area contributed by atoms with Gasteiger partial charge in [-0.2, -0.15) is 0 Å². The number of aromatic nitrogens is 1. The molecule has 0 atom stereocenters. The fourth-order valence-electron chi connectivity index (χ4n) is 3.20. The third kappa shape index (κ3) is 7.13. The van der Waals surface area contributed by atoms with E-state index in [1.54, 1.807) is 24.0 Å². The van der Waals surface area contributed by atoms with Crippen molar-refractivity contribution in [2.45, 2.75) is 13.3 Å². The molecule has 30 heavy (non-hydrogen) atoms. The van der Waals surface area contributed by atoms with Crippen LogP contribution in [0, 0.1) is 6.92 Å². The molecule has 0 bridgehead atoms. The molecule has 1 aromatic carbocycles. The average Bonchev–Trinajstić information content (AvgIpc) is 3.17. The molecule has 1 aromatic heterocycles. The number of rotatable bonds is 9. The average molecular weight is 412 g/mol. The quantitative estimate of drug-likeness (QED) is 0.635. The SMILES string of the molecule is Cc1cc(NC(=O)CN(CCCN2CCOCC2)C(=O)C=Cc2ccccc2)no1. The molecule has 3 rings (SSSR count). The van der Waals surface area contributed by atoms with Gasteiger partial charge in [-0.25, -0.2) is 0 Å². The summed E-state index contributed by atoms with van der Waals surface area (Å²) in [5.41, 5.74) is 0.932. The van der Waals surface area contributed by atoms with Gasteiger partial charge in [-0.05, 0) is 25.0 Å². The number of benzene rings is 1. The molecule has 0 radical (unpaired) electrons. The first-order chi connectivity index (χ1) is 14.6. The number of carbonyl (C=O) groups is 2. The number of nitrogens with one attached hydrogen (secondary N) is 1. The highest BCUT2D eigenvalue weighted by Gasteiger charge is 2.17. The van der Waals surface area contributed by atoms with Gasteiger partial charge < -0.3 is 19.5 Å². The summed E-state index contributed by atoms with van der Waals surface area (Å²) in [4.78, 5) is 29.1. The number of nitrogens with zero attached hydrogens (tertiary/aromatic N) is 3. The first-order valence-electron chi connectivity index (χ1n) is 10.2. The van der Waals surface area contributed by atoms with Gasteiger partial charge in [0.05, 0.1) is 13.2 Å². The molecule has 0 aliphatic carbocycles. The van der Waals surface area contributed by atoms with E-state index in [-0.39, 0.29) is 18.4 Å². The fourth-order valence-corrected chi connectivity index (χ4v) is 3.20. The summed E-state index contributed by atoms with van der Waals surface area (Å²) < 4.78 is 10.3. The lowest BCUT2D eigenvalue weighted by Gasteiger charge is -2.28. The molecule has 1 saturated heterocycles. The van der Waals surface area contributed by atoms with Crippen molar-refractivity contribution >= 4 is 23.7 Å². The lowest BCUT2D eigenvalue weighted by Crippen LogP contribution is -2.41. The Kier molecular flexibility index (Phi) is 8.17. The zero-order chi connectivity index (χ0) is 21.2. The van der Waals surface area contributed by atoms with E-state index in [9.17, 15) is 9.59 Å². The standard InChI is InChI=1S/C22H28N4O4/c1-18-16-20(24-30-18)23-21(27)17-26(11-5-10-25-12-14-29-15-13-25)22(28)9-8-19-6-3-2-4-7-19/h2-4,6-9,16H,5,10-15,17H2,1H3,(H,23,24,27). The van der Waals surface area contributed by atoms with Gasteiger partial charge in [0.15, 0.2) is 5.82 Å². The maximum Gasteiger partial charge on any atom is 0.247 e. The number of hydrogen-bond acceptors (Lipinski definition) is 6. The Balaban J connectivity index is 1.58. The van der Waals surface area contributed by atoms with Gasteiger partial charge in [-0.15, -0.1) is 0 Å². The Morgan fingerprint density at radius 1 is 1.23 bits per heavy atom. The summed E-state index contributed by atoms with van der Waals surface area (Å²) in [6, 6.07) is 11.2. The normalized spacial score (nSPS) is 14.7. The van der Waals surface area contributed by atoms with Crippen molar-refractivity contribution in [3.05, 3.63) is 53.8 Å². The Labute approximate surface area is 176 Å². The molecule has 1 N–H and O–H groups in total. The second kappa shape index (κ2) is 11.3. The molecule has 0 unspecified atom stereocenters. The summed E-state index contributed by atoms with van der Waals surface area (Å²) in [6.45, 7) is 6.32. The van der Waals surface area contributed by atoms with Gasteiger partial charge in [-0.1, -0.05) is 35.5 Å². The lowest BCUT2D eigenvalue weighted by molar-refractivity contribution is -0.130. The minimum atomic E-state index is -0.309. The summed E-state index contributed by atoms with van der Waals surface area (Å²) in [5.74, 6) is 0.441. The number of ether oxygens (including phenoxy) is 1. The van der Waals surface area contributed by atoms with Crippen LogP contribution in [-0.2, 0) is 14.3 Å². The van der Waals surface area contributed by atoms with Gasteiger partial charge in [0, 0.05) is 38.3 Å². The molecule has 0 spiro atoms. The van der Waals surface area contributed by atoms with Crippen LogP contribution in [0.1, 0.15) is 17.7 Å². The third-order valence-corrected chi connectivity index (χ3v) is 4.77. The molecular weight excluding hydrogens is 384 g/mol. The Morgan fingerprint density at radius 2 is 2.00 bits per heavy atom. The van der Waals surface area contributed by atoms with Crippen molar-refractivity contribution in [1.82, 2.24) is 15.0 Å². The second-order valence-electron chi connectivity index (χ2n) is 7.18. The number of amides is 2. The molecule has 160 valence electrons. The molecule has 1 aliphatic heterocycles. The Hall–Kier alpha value is -2.97. The Bertz CT molecular complexity index is 844. The van der Waals surface area contributed by atoms with Gasteiger partial charge in [-0.3, -0.25) is 14.5 Å². The van der Waals surface area contributed by atoms with E-state index in [0.717, 1.165) is 44.8 Å². The lowest BCUT2D eigenvalue weighted by atomic mass is 10.2. The van der Waals surface area contributed by atoms with Crippen LogP contribution >= 0.6 is 0 Å². The number of carbonyl (C=O) groups excluding carboxylic acids is 2. The van der Waals surface area contributed by atoms with E-state index < -0.39 is 0 Å². The van der Waals surface area contributed by atoms with Crippen molar-refractivity contribution in [3.8, 4) is 0 Å². The third-order valence-electron chi connectivity index (χ3n) is 4.77. The van der Waals surface area contributed by atoms with Crippen LogP contribution in [0.25, 0.3) is 6.08 Å². The summed E-state index contributed by atoms with van der Waals surface area (Å²) in [7, 11) is 0. The predicted octanol–water partition coefficient (Wildman–Crippen LogP) is 2.19. The smallest absolute Gasteiger partial charge is 0.247 e. The topological polar surface area (TPSA) is 87.9 Å². The highest BCUT2D eigenvalue weighted by Crippen LogP contribution is 2.08. The molecule has 2 heterocycles. The first kappa shape index (κ1) is 21.7. The van der Waals surface area contributed by atoms with Crippen molar-refractivity contribution in [2.75, 3.05) is 51.3 Å². The minimum absolute atomic E-state index is 0.0486. The first-order valence-corrected chi connectivity index (χ1v) is 10.2. The predicted molar refractivity (Wildman–Crippen MR) is 114 cm³/mol. The number of aryl methyl sites for hydroxylation is 1. The highest BCUT2D eigenvalue weighted by atomic mass is 16.5. The summed E-state index contributed by atoms with van der Waals surface area (Å²) in [5, 5.41) is 6.44. The zero-order valence-corrected chi connectivity index (χ0v) is 17.3. The molecule has 1 fully saturated rings. The maximum atomic E-state index is 12.8. The summed E-state index contributed by atoms with van der Waals surface area (Å²) in [6.07, 6.45) is 4.05. The maximum absolute atomic E-state index is 12.8. The fraction of sp³-hybridized carbons (Fsp3) is 0.409. The molecule has 2 aromatic rings. The zero-order valence-electron chi connectivity index (χ0n) is 17.3. The van der Waals surface area contributed by atoms with Gasteiger partial charge in [0.1, 0.15) is 12.3 Å². The number of anilines is 1. The van der Waals surface area contributed by atoms with E-state index >= 15 is 0 Å². The van der Waals surface area contributed by atoms with Gasteiger partial charge in [0.2, 0.25) is 11.8 Å². The summed E-state index contributed by atoms with van der Waals surface area (Å²) >= 11 is 0. The molecule has 8 nitrogen and oxygen atoms in total. The molecule has 1 aliphatic rings. The van der Waals surface area contributed by atoms with Crippen molar-refractivity contribution in [2.24, 2.45) is 0 Å². The van der Waals surface area contributed by atoms with Crippen LogP contribution in [0.15, 0.2) is 47.0 Å². The van der Waals surface area contributed by atoms with Crippen LogP contribution in [-0.4, -0.2) is 72.7 Å². The van der Waals surface area contributed by atoms with E-state index in [2.05, 4.69) is 15.4 Å². The van der Waals surface area contributed by atoms with E-state index in [1.807, 2.05) is 30.3 Å². The molecule has 0 saturated carbocycles. The minimum Gasteiger partial charge on any atom is -0.379 e. The number of hydrogen-bond donors (Lipinski definition) is 1. The molecule has 8 heteroatoms. The van der Waals surface area contributed by atoms with Crippen LogP contribution in [0.3, 0.4) is 0 Å². The van der Waals surface area contributed by atoms with Crippen molar-refractivity contribution in [3.63, 3.8) is 0 Å².